The summed E-state index contributed by atoms with van der Waals surface area (Å²) in [6.07, 6.45) is 1.91. The number of benzene rings is 3. The summed E-state index contributed by atoms with van der Waals surface area (Å²) < 4.78 is 11.5. The minimum atomic E-state index is -0.795. The molecule has 0 saturated heterocycles. The van der Waals surface area contributed by atoms with Gasteiger partial charge in [-0.1, -0.05) is 58.7 Å². The molecule has 0 saturated carbocycles. The standard InChI is InChI=1S/C32H25BrClNO5/c1-31(2)16-32(3,18-8-10-20(34)11-9-18)24-14-19(33)13-21-22(29(37)35(31)27(21)24)15-25(36)23-12-17-6-5-7-26(39-4)28(17)40-30(23)38/h5-15H,16H2,1-4H3/b22-15+. The SMILES string of the molecule is COc1cccc2cc(C(=O)/C=C3/C(=O)N4c5c3cc(Br)cc5C(C)(c3ccc(Cl)cc3)CC4(C)C)c(=O)oc12. The zero-order valence-corrected chi connectivity index (χ0v) is 24.6. The van der Waals surface area contributed by atoms with Gasteiger partial charge in [0.25, 0.3) is 5.91 Å². The Bertz CT molecular complexity index is 1840. The first-order valence-electron chi connectivity index (χ1n) is 12.8. The van der Waals surface area contributed by atoms with Crippen LogP contribution in [0.5, 0.6) is 5.75 Å². The fourth-order valence-corrected chi connectivity index (χ4v) is 6.88. The Balaban J connectivity index is 1.53. The van der Waals surface area contributed by atoms with Crippen molar-refractivity contribution >= 4 is 61.5 Å². The first-order chi connectivity index (χ1) is 18.9. The molecule has 1 unspecified atom stereocenters. The van der Waals surface area contributed by atoms with Gasteiger partial charge >= 0.3 is 5.63 Å². The van der Waals surface area contributed by atoms with Crippen molar-refractivity contribution in [3.8, 4) is 5.75 Å². The largest absolute Gasteiger partial charge is 0.493 e. The molecule has 0 N–H and O–H groups in total. The Morgan fingerprint density at radius 2 is 1.80 bits per heavy atom. The summed E-state index contributed by atoms with van der Waals surface area (Å²) in [4.78, 5) is 42.2. The zero-order chi connectivity index (χ0) is 28.6. The molecule has 1 aromatic heterocycles. The van der Waals surface area contributed by atoms with Gasteiger partial charge < -0.3 is 14.1 Å². The van der Waals surface area contributed by atoms with E-state index < -0.39 is 22.4 Å². The maximum atomic E-state index is 14.0. The molecule has 0 radical (unpaired) electrons. The minimum absolute atomic E-state index is 0.156. The lowest BCUT2D eigenvalue weighted by Crippen LogP contribution is -2.54. The molecule has 1 atom stereocenters. The van der Waals surface area contributed by atoms with Crippen LogP contribution in [0, 0.1) is 0 Å². The highest BCUT2D eigenvalue weighted by atomic mass is 79.9. The summed E-state index contributed by atoms with van der Waals surface area (Å²) in [5.41, 5.74) is 2.01. The van der Waals surface area contributed by atoms with Gasteiger partial charge in [-0.3, -0.25) is 9.59 Å². The molecule has 1 amide bonds. The predicted molar refractivity (Wildman–Crippen MR) is 160 cm³/mol. The number of carbonyl (C=O) groups is 2. The van der Waals surface area contributed by atoms with E-state index in [0.717, 1.165) is 21.3 Å². The quantitative estimate of drug-likeness (QED) is 0.136. The van der Waals surface area contributed by atoms with E-state index in [4.69, 9.17) is 20.8 Å². The van der Waals surface area contributed by atoms with Crippen molar-refractivity contribution < 1.29 is 18.7 Å². The van der Waals surface area contributed by atoms with E-state index in [-0.39, 0.29) is 22.6 Å². The number of ether oxygens (including phenoxy) is 1. The van der Waals surface area contributed by atoms with E-state index >= 15 is 0 Å². The molecule has 2 aliphatic heterocycles. The first-order valence-corrected chi connectivity index (χ1v) is 13.9. The minimum Gasteiger partial charge on any atom is -0.493 e. The zero-order valence-electron chi connectivity index (χ0n) is 22.3. The molecule has 6 rings (SSSR count). The smallest absolute Gasteiger partial charge is 0.347 e. The van der Waals surface area contributed by atoms with Gasteiger partial charge in [0.2, 0.25) is 0 Å². The van der Waals surface area contributed by atoms with Gasteiger partial charge in [-0.15, -0.1) is 0 Å². The lowest BCUT2D eigenvalue weighted by molar-refractivity contribution is -0.114. The number of hydrogen-bond donors (Lipinski definition) is 0. The molecular formula is C32H25BrClNO5. The van der Waals surface area contributed by atoms with Crippen LogP contribution < -0.4 is 15.3 Å². The van der Waals surface area contributed by atoms with E-state index in [1.54, 1.807) is 23.1 Å². The maximum Gasteiger partial charge on any atom is 0.347 e. The molecule has 0 bridgehead atoms. The number of anilines is 1. The molecule has 40 heavy (non-hydrogen) atoms. The highest BCUT2D eigenvalue weighted by Gasteiger charge is 2.52. The third-order valence-electron chi connectivity index (χ3n) is 7.97. The van der Waals surface area contributed by atoms with Crippen molar-refractivity contribution in [1.29, 1.82) is 0 Å². The van der Waals surface area contributed by atoms with Crippen LogP contribution in [0.2, 0.25) is 5.02 Å². The fraction of sp³-hybridized carbons (Fsp3) is 0.219. The number of carbonyl (C=O) groups excluding carboxylic acids is 2. The Labute approximate surface area is 244 Å². The van der Waals surface area contributed by atoms with Crippen LogP contribution in [-0.4, -0.2) is 24.3 Å². The van der Waals surface area contributed by atoms with Crippen LogP contribution in [0.15, 0.2) is 80.4 Å². The van der Waals surface area contributed by atoms with Gasteiger partial charge in [-0.25, -0.2) is 4.79 Å². The summed E-state index contributed by atoms with van der Waals surface area (Å²) in [5.74, 6) is -0.490. The molecule has 6 nitrogen and oxygen atoms in total. The summed E-state index contributed by atoms with van der Waals surface area (Å²) in [5, 5.41) is 1.20. The second-order valence-corrected chi connectivity index (χ2v) is 12.4. The number of nitrogens with zero attached hydrogens (tertiary/aromatic N) is 1. The summed E-state index contributed by atoms with van der Waals surface area (Å²) in [7, 11) is 1.48. The van der Waals surface area contributed by atoms with Gasteiger partial charge in [0, 0.05) is 31.4 Å². The van der Waals surface area contributed by atoms with Crippen molar-refractivity contribution in [2.75, 3.05) is 12.0 Å². The average molecular weight is 619 g/mol. The van der Waals surface area contributed by atoms with Crippen LogP contribution >= 0.6 is 27.5 Å². The number of para-hydroxylation sites is 1. The highest BCUT2D eigenvalue weighted by molar-refractivity contribution is 9.10. The number of rotatable bonds is 4. The first kappa shape index (κ1) is 26.5. The van der Waals surface area contributed by atoms with Crippen molar-refractivity contribution in [2.24, 2.45) is 0 Å². The van der Waals surface area contributed by atoms with Crippen LogP contribution in [-0.2, 0) is 10.2 Å². The number of amides is 1. The molecule has 0 spiro atoms. The summed E-state index contributed by atoms with van der Waals surface area (Å²) in [6, 6.07) is 18.3. The third-order valence-corrected chi connectivity index (χ3v) is 8.68. The van der Waals surface area contributed by atoms with E-state index in [0.29, 0.717) is 28.1 Å². The van der Waals surface area contributed by atoms with E-state index in [1.165, 1.54) is 19.3 Å². The molecule has 2 aliphatic rings. The highest BCUT2D eigenvalue weighted by Crippen LogP contribution is 2.56. The second-order valence-electron chi connectivity index (χ2n) is 11.1. The molecule has 0 fully saturated rings. The van der Waals surface area contributed by atoms with E-state index in [2.05, 4.69) is 22.9 Å². The van der Waals surface area contributed by atoms with Crippen LogP contribution in [0.1, 0.15) is 54.2 Å². The number of fused-ring (bicyclic) bond motifs is 1. The molecule has 4 aromatic rings. The fourth-order valence-electron chi connectivity index (χ4n) is 6.29. The average Bonchev–Trinajstić information content (AvgIpc) is 3.18. The topological polar surface area (TPSA) is 76.8 Å². The summed E-state index contributed by atoms with van der Waals surface area (Å²) in [6.45, 7) is 6.23. The van der Waals surface area contributed by atoms with Gasteiger partial charge in [-0.2, -0.15) is 0 Å². The molecular weight excluding hydrogens is 594 g/mol. The van der Waals surface area contributed by atoms with Gasteiger partial charge in [0.05, 0.1) is 18.4 Å². The van der Waals surface area contributed by atoms with Crippen LogP contribution in [0.25, 0.3) is 16.5 Å². The number of hydrogen-bond acceptors (Lipinski definition) is 5. The molecule has 3 aromatic carbocycles. The Hall–Kier alpha value is -3.68. The van der Waals surface area contributed by atoms with Crippen molar-refractivity contribution in [1.82, 2.24) is 0 Å². The third kappa shape index (κ3) is 3.94. The van der Waals surface area contributed by atoms with Gasteiger partial charge in [0.15, 0.2) is 17.1 Å². The monoisotopic (exact) mass is 617 g/mol. The Kier molecular flexibility index (Phi) is 6.09. The van der Waals surface area contributed by atoms with Crippen molar-refractivity contribution in [3.05, 3.63) is 109 Å². The Morgan fingerprint density at radius 1 is 1.07 bits per heavy atom. The van der Waals surface area contributed by atoms with Gasteiger partial charge in [-0.05, 0) is 73.9 Å². The molecule has 8 heteroatoms. The second kappa shape index (κ2) is 9.18. The molecule has 0 aliphatic carbocycles. The number of allylic oxidation sites excluding steroid dienone is 1. The van der Waals surface area contributed by atoms with Crippen molar-refractivity contribution in [2.45, 2.75) is 38.1 Å². The number of ketones is 1. The summed E-state index contributed by atoms with van der Waals surface area (Å²) >= 11 is 9.83. The predicted octanol–water partition coefficient (Wildman–Crippen LogP) is 7.32. The van der Waals surface area contributed by atoms with Crippen LogP contribution in [0.4, 0.5) is 5.69 Å². The number of halogens is 2. The number of methoxy groups -OCH3 is 1. The lowest BCUT2D eigenvalue weighted by atomic mass is 9.65. The van der Waals surface area contributed by atoms with Gasteiger partial charge in [0.1, 0.15) is 5.56 Å². The maximum absolute atomic E-state index is 14.0. The van der Waals surface area contributed by atoms with Crippen LogP contribution in [0.3, 0.4) is 0 Å². The molecule has 202 valence electrons. The van der Waals surface area contributed by atoms with E-state index in [9.17, 15) is 14.4 Å². The van der Waals surface area contributed by atoms with E-state index in [1.807, 2.05) is 50.2 Å². The molecule has 3 heterocycles. The van der Waals surface area contributed by atoms with Crippen molar-refractivity contribution in [3.63, 3.8) is 0 Å². The Morgan fingerprint density at radius 3 is 2.50 bits per heavy atom. The lowest BCUT2D eigenvalue weighted by Gasteiger charge is -2.49. The normalized spacial score (nSPS) is 20.2.